The number of carbonyl (C=O) groups excluding carboxylic acids is 3. The molecule has 0 bridgehead atoms. The topological polar surface area (TPSA) is 98.9 Å². The first-order valence-electron chi connectivity index (χ1n) is 9.07. The highest BCUT2D eigenvalue weighted by Gasteiger charge is 2.38. The molecule has 3 rings (SSSR count). The van der Waals surface area contributed by atoms with E-state index in [1.807, 2.05) is 6.92 Å². The van der Waals surface area contributed by atoms with Crippen LogP contribution in [0.3, 0.4) is 0 Å². The molecule has 0 saturated carbocycles. The number of nitrogens with two attached hydrogens (primary N) is 1. The fourth-order valence-corrected chi connectivity index (χ4v) is 3.13. The summed E-state index contributed by atoms with van der Waals surface area (Å²) in [6.07, 6.45) is -1.16. The summed E-state index contributed by atoms with van der Waals surface area (Å²) in [6.45, 7) is 2.63. The van der Waals surface area contributed by atoms with Crippen LogP contribution in [0.5, 0.6) is 5.75 Å². The summed E-state index contributed by atoms with van der Waals surface area (Å²) in [6, 6.07) is 15.7. The number of ether oxygens (including phenoxy) is 2. The van der Waals surface area contributed by atoms with Crippen molar-refractivity contribution in [3.8, 4) is 5.75 Å². The van der Waals surface area contributed by atoms with Gasteiger partial charge in [-0.1, -0.05) is 30.3 Å². The summed E-state index contributed by atoms with van der Waals surface area (Å²) in [5.41, 5.74) is 6.57. The third kappa shape index (κ3) is 4.31. The molecule has 2 atom stereocenters. The molecular formula is C21H22N2O5. The van der Waals surface area contributed by atoms with Gasteiger partial charge < -0.3 is 20.1 Å². The second-order valence-corrected chi connectivity index (χ2v) is 6.46. The lowest BCUT2D eigenvalue weighted by atomic mass is 10.1. The van der Waals surface area contributed by atoms with Gasteiger partial charge in [-0.05, 0) is 31.2 Å². The Labute approximate surface area is 163 Å². The van der Waals surface area contributed by atoms with Crippen LogP contribution in [0.4, 0.5) is 5.69 Å². The minimum absolute atomic E-state index is 0.0202. The molecule has 7 heteroatoms. The van der Waals surface area contributed by atoms with Gasteiger partial charge in [-0.3, -0.25) is 14.4 Å². The number of carbonyl (C=O) groups is 3. The van der Waals surface area contributed by atoms with Crippen LogP contribution in [0, 0.1) is 5.92 Å². The quantitative estimate of drug-likeness (QED) is 0.740. The van der Waals surface area contributed by atoms with Crippen molar-refractivity contribution in [1.82, 2.24) is 0 Å². The summed E-state index contributed by atoms with van der Waals surface area (Å²) >= 11 is 0. The minimum Gasteiger partial charge on any atom is -0.494 e. The average molecular weight is 382 g/mol. The van der Waals surface area contributed by atoms with Crippen molar-refractivity contribution in [2.75, 3.05) is 18.1 Å². The molecule has 1 heterocycles. The second-order valence-electron chi connectivity index (χ2n) is 6.46. The number of amides is 2. The largest absolute Gasteiger partial charge is 0.494 e. The SMILES string of the molecule is CCOc1ccc(N2CC(C(=O)OC(C(N)=O)c3ccccc3)CC2=O)cc1. The summed E-state index contributed by atoms with van der Waals surface area (Å²) in [7, 11) is 0. The number of nitrogens with zero attached hydrogens (tertiary/aromatic N) is 1. The van der Waals surface area contributed by atoms with Crippen LogP contribution in [0.1, 0.15) is 25.0 Å². The standard InChI is InChI=1S/C21H22N2O5/c1-2-27-17-10-8-16(9-11-17)23-13-15(12-18(23)24)21(26)28-19(20(22)25)14-6-4-3-5-7-14/h3-11,15,19H,2,12-13H2,1H3,(H2,22,25). The van der Waals surface area contributed by atoms with Gasteiger partial charge in [0, 0.05) is 24.2 Å². The Morgan fingerprint density at radius 1 is 1.14 bits per heavy atom. The van der Waals surface area contributed by atoms with Crippen molar-refractivity contribution in [3.63, 3.8) is 0 Å². The van der Waals surface area contributed by atoms with Gasteiger partial charge in [-0.15, -0.1) is 0 Å². The highest BCUT2D eigenvalue weighted by atomic mass is 16.5. The minimum atomic E-state index is -1.18. The van der Waals surface area contributed by atoms with Gasteiger partial charge in [0.25, 0.3) is 5.91 Å². The maximum absolute atomic E-state index is 12.6. The monoisotopic (exact) mass is 382 g/mol. The maximum Gasteiger partial charge on any atom is 0.312 e. The molecule has 7 nitrogen and oxygen atoms in total. The zero-order valence-corrected chi connectivity index (χ0v) is 15.5. The van der Waals surface area contributed by atoms with E-state index in [4.69, 9.17) is 15.2 Å². The first kappa shape index (κ1) is 19.4. The van der Waals surface area contributed by atoms with E-state index in [1.54, 1.807) is 54.6 Å². The number of esters is 1. The first-order valence-corrected chi connectivity index (χ1v) is 9.07. The normalized spacial score (nSPS) is 17.2. The van der Waals surface area contributed by atoms with Crippen LogP contribution in [0.2, 0.25) is 0 Å². The van der Waals surface area contributed by atoms with Crippen molar-refractivity contribution < 1.29 is 23.9 Å². The number of hydrogen-bond donors (Lipinski definition) is 1. The molecule has 1 aliphatic rings. The molecule has 2 amide bonds. The molecule has 1 aliphatic heterocycles. The van der Waals surface area contributed by atoms with E-state index in [1.165, 1.54) is 4.90 Å². The molecule has 146 valence electrons. The van der Waals surface area contributed by atoms with Crippen molar-refractivity contribution in [2.24, 2.45) is 11.7 Å². The van der Waals surface area contributed by atoms with Gasteiger partial charge in [0.2, 0.25) is 12.0 Å². The van der Waals surface area contributed by atoms with Gasteiger partial charge in [0.05, 0.1) is 12.5 Å². The summed E-state index contributed by atoms with van der Waals surface area (Å²) in [5, 5.41) is 0. The highest BCUT2D eigenvalue weighted by Crippen LogP contribution is 2.29. The van der Waals surface area contributed by atoms with Crippen LogP contribution >= 0.6 is 0 Å². The van der Waals surface area contributed by atoms with Crippen molar-refractivity contribution in [2.45, 2.75) is 19.4 Å². The van der Waals surface area contributed by atoms with E-state index in [2.05, 4.69) is 0 Å². The zero-order valence-electron chi connectivity index (χ0n) is 15.5. The van der Waals surface area contributed by atoms with Gasteiger partial charge in [-0.2, -0.15) is 0 Å². The molecule has 2 aromatic rings. The number of rotatable bonds is 7. The van der Waals surface area contributed by atoms with E-state index >= 15 is 0 Å². The summed E-state index contributed by atoms with van der Waals surface area (Å²) in [5.74, 6) is -1.51. The van der Waals surface area contributed by atoms with Crippen LogP contribution in [-0.2, 0) is 19.1 Å². The molecule has 0 radical (unpaired) electrons. The van der Waals surface area contributed by atoms with Gasteiger partial charge in [0.15, 0.2) is 0 Å². The third-order valence-electron chi connectivity index (χ3n) is 4.51. The summed E-state index contributed by atoms with van der Waals surface area (Å²) < 4.78 is 10.7. The molecular weight excluding hydrogens is 360 g/mol. The lowest BCUT2D eigenvalue weighted by molar-refractivity contribution is -0.159. The number of primary amides is 1. The lowest BCUT2D eigenvalue weighted by Gasteiger charge is -2.19. The van der Waals surface area contributed by atoms with Crippen LogP contribution in [-0.4, -0.2) is 30.9 Å². The lowest BCUT2D eigenvalue weighted by Crippen LogP contribution is -2.30. The predicted octanol–water partition coefficient (Wildman–Crippen LogP) is 2.21. The molecule has 2 aromatic carbocycles. The average Bonchev–Trinajstić information content (AvgIpc) is 3.09. The Morgan fingerprint density at radius 3 is 2.43 bits per heavy atom. The Morgan fingerprint density at radius 2 is 1.82 bits per heavy atom. The number of benzene rings is 2. The highest BCUT2D eigenvalue weighted by molar-refractivity contribution is 5.99. The van der Waals surface area contributed by atoms with Crippen molar-refractivity contribution in [1.29, 1.82) is 0 Å². The van der Waals surface area contributed by atoms with E-state index in [0.29, 0.717) is 23.6 Å². The molecule has 1 saturated heterocycles. The fraction of sp³-hybridized carbons (Fsp3) is 0.286. The van der Waals surface area contributed by atoms with E-state index in [-0.39, 0.29) is 18.9 Å². The molecule has 0 aromatic heterocycles. The van der Waals surface area contributed by atoms with Crippen LogP contribution in [0.15, 0.2) is 54.6 Å². The van der Waals surface area contributed by atoms with E-state index < -0.39 is 23.9 Å². The van der Waals surface area contributed by atoms with Crippen LogP contribution in [0.25, 0.3) is 0 Å². The zero-order chi connectivity index (χ0) is 20.1. The molecule has 2 unspecified atom stereocenters. The molecule has 0 aliphatic carbocycles. The Hall–Kier alpha value is -3.35. The predicted molar refractivity (Wildman–Crippen MR) is 103 cm³/mol. The smallest absolute Gasteiger partial charge is 0.312 e. The second kappa shape index (κ2) is 8.56. The molecule has 1 fully saturated rings. The third-order valence-corrected chi connectivity index (χ3v) is 4.51. The fourth-order valence-electron chi connectivity index (χ4n) is 3.13. The molecule has 0 spiro atoms. The number of anilines is 1. The van der Waals surface area contributed by atoms with Gasteiger partial charge >= 0.3 is 5.97 Å². The Bertz CT molecular complexity index is 851. The maximum atomic E-state index is 12.6. The van der Waals surface area contributed by atoms with E-state index in [9.17, 15) is 14.4 Å². The van der Waals surface area contributed by atoms with Crippen LogP contribution < -0.4 is 15.4 Å². The molecule has 28 heavy (non-hydrogen) atoms. The van der Waals surface area contributed by atoms with Gasteiger partial charge in [0.1, 0.15) is 5.75 Å². The number of hydrogen-bond acceptors (Lipinski definition) is 5. The first-order chi connectivity index (χ1) is 13.5. The van der Waals surface area contributed by atoms with Crippen molar-refractivity contribution in [3.05, 3.63) is 60.2 Å². The van der Waals surface area contributed by atoms with E-state index in [0.717, 1.165) is 0 Å². The Kier molecular flexibility index (Phi) is 5.93. The van der Waals surface area contributed by atoms with Crippen molar-refractivity contribution >= 4 is 23.5 Å². The molecule has 2 N–H and O–H groups in total. The van der Waals surface area contributed by atoms with Gasteiger partial charge in [-0.25, -0.2) is 0 Å². The Balaban J connectivity index is 1.68. The summed E-state index contributed by atoms with van der Waals surface area (Å²) in [4.78, 5) is 38.2.